The Morgan fingerprint density at radius 1 is 1.57 bits per heavy atom. The fourth-order valence-electron chi connectivity index (χ4n) is 1.72. The minimum absolute atomic E-state index is 0.0376. The Labute approximate surface area is 84.8 Å². The molecule has 0 radical (unpaired) electrons. The fraction of sp³-hybridized carbons (Fsp3) is 0.636. The summed E-state index contributed by atoms with van der Waals surface area (Å²) in [5, 5.41) is 0. The van der Waals surface area contributed by atoms with Gasteiger partial charge >= 0.3 is 0 Å². The molecule has 0 aliphatic heterocycles. The third kappa shape index (κ3) is 1.59. The van der Waals surface area contributed by atoms with Gasteiger partial charge < -0.3 is 4.90 Å². The van der Waals surface area contributed by atoms with E-state index < -0.39 is 5.54 Å². The molecular formula is C11H17NO2. The van der Waals surface area contributed by atoms with Crippen LogP contribution in [0.25, 0.3) is 0 Å². The molecule has 1 unspecified atom stereocenters. The zero-order valence-electron chi connectivity index (χ0n) is 9.26. The van der Waals surface area contributed by atoms with Crippen LogP contribution in [0.2, 0.25) is 0 Å². The molecule has 0 bridgehead atoms. The molecule has 0 spiro atoms. The molecule has 3 nitrogen and oxygen atoms in total. The third-order valence-electron chi connectivity index (χ3n) is 2.61. The first-order valence-corrected chi connectivity index (χ1v) is 4.83. The van der Waals surface area contributed by atoms with Crippen LogP contribution in [0.1, 0.15) is 34.1 Å². The summed E-state index contributed by atoms with van der Waals surface area (Å²) >= 11 is 0. The van der Waals surface area contributed by atoms with Crippen LogP contribution in [0.5, 0.6) is 0 Å². The summed E-state index contributed by atoms with van der Waals surface area (Å²) in [6.07, 6.45) is 0.476. The van der Waals surface area contributed by atoms with Gasteiger partial charge in [0.05, 0.1) is 0 Å². The van der Waals surface area contributed by atoms with Gasteiger partial charge in [-0.3, -0.25) is 9.59 Å². The highest BCUT2D eigenvalue weighted by molar-refractivity contribution is 6.09. The summed E-state index contributed by atoms with van der Waals surface area (Å²) < 4.78 is 0. The quantitative estimate of drug-likeness (QED) is 0.640. The number of ketones is 1. The lowest BCUT2D eigenvalue weighted by Gasteiger charge is -2.31. The first-order valence-electron chi connectivity index (χ1n) is 4.83. The molecule has 1 aliphatic rings. The van der Waals surface area contributed by atoms with Gasteiger partial charge in [0.15, 0.2) is 5.78 Å². The molecule has 0 heterocycles. The topological polar surface area (TPSA) is 37.4 Å². The Morgan fingerprint density at radius 2 is 2.00 bits per heavy atom. The largest absolute Gasteiger partial charge is 0.324 e. The average Bonchev–Trinajstić information content (AvgIpc) is 2.58. The molecule has 0 aromatic heterocycles. The minimum Gasteiger partial charge on any atom is -0.324 e. The van der Waals surface area contributed by atoms with Crippen molar-refractivity contribution in [1.29, 1.82) is 0 Å². The van der Waals surface area contributed by atoms with Gasteiger partial charge in [-0.05, 0) is 27.7 Å². The van der Waals surface area contributed by atoms with E-state index in [-0.39, 0.29) is 17.7 Å². The lowest BCUT2D eigenvalue weighted by Crippen LogP contribution is -2.46. The summed E-state index contributed by atoms with van der Waals surface area (Å²) in [5.41, 5.74) is -0.0795. The van der Waals surface area contributed by atoms with Gasteiger partial charge in [0.1, 0.15) is 5.54 Å². The summed E-state index contributed by atoms with van der Waals surface area (Å²) in [6.45, 7) is 10.9. The van der Waals surface area contributed by atoms with E-state index in [1.54, 1.807) is 11.8 Å². The maximum atomic E-state index is 11.8. The number of hydrogen-bond acceptors (Lipinski definition) is 2. The Kier molecular flexibility index (Phi) is 2.52. The van der Waals surface area contributed by atoms with Gasteiger partial charge in [-0.2, -0.15) is 0 Å². The Morgan fingerprint density at radius 3 is 2.21 bits per heavy atom. The Bertz CT molecular complexity index is 306. The summed E-state index contributed by atoms with van der Waals surface area (Å²) in [5.74, 6) is 0.0224. The van der Waals surface area contributed by atoms with E-state index in [1.165, 1.54) is 0 Å². The van der Waals surface area contributed by atoms with E-state index in [0.29, 0.717) is 12.0 Å². The summed E-state index contributed by atoms with van der Waals surface area (Å²) in [4.78, 5) is 24.7. The highest BCUT2D eigenvalue weighted by Gasteiger charge is 2.56. The zero-order chi connectivity index (χ0) is 11.1. The Hall–Kier alpha value is -1.12. The van der Waals surface area contributed by atoms with Gasteiger partial charge in [0.2, 0.25) is 5.91 Å². The molecule has 1 saturated carbocycles. The molecule has 0 N–H and O–H groups in total. The molecule has 78 valence electrons. The third-order valence-corrected chi connectivity index (χ3v) is 2.61. The molecule has 1 fully saturated rings. The van der Waals surface area contributed by atoms with Crippen LogP contribution in [-0.4, -0.2) is 28.2 Å². The molecule has 3 heteroatoms. The maximum Gasteiger partial charge on any atom is 0.249 e. The van der Waals surface area contributed by atoms with Gasteiger partial charge in [0.25, 0.3) is 0 Å². The van der Waals surface area contributed by atoms with E-state index in [4.69, 9.17) is 0 Å². The van der Waals surface area contributed by atoms with Crippen molar-refractivity contribution in [2.45, 2.75) is 45.7 Å². The second-order valence-corrected chi connectivity index (χ2v) is 4.42. The van der Waals surface area contributed by atoms with Gasteiger partial charge in [0, 0.05) is 18.0 Å². The fourth-order valence-corrected chi connectivity index (χ4v) is 1.72. The van der Waals surface area contributed by atoms with Crippen LogP contribution in [-0.2, 0) is 9.59 Å². The molecule has 0 aromatic rings. The molecule has 1 aliphatic carbocycles. The van der Waals surface area contributed by atoms with Crippen LogP contribution < -0.4 is 0 Å². The minimum atomic E-state index is -0.565. The van der Waals surface area contributed by atoms with Crippen molar-refractivity contribution in [3.8, 4) is 0 Å². The number of Topliss-reactive ketones (excluding diaryl/α,β-unsaturated/α-hetero) is 1. The lowest BCUT2D eigenvalue weighted by molar-refractivity contribution is -0.134. The number of amides is 1. The van der Waals surface area contributed by atoms with Crippen LogP contribution in [0, 0.1) is 0 Å². The van der Waals surface area contributed by atoms with Crippen LogP contribution in [0.4, 0.5) is 0 Å². The van der Waals surface area contributed by atoms with Crippen molar-refractivity contribution in [1.82, 2.24) is 4.90 Å². The molecule has 1 atom stereocenters. The maximum absolute atomic E-state index is 11.8. The normalized spacial score (nSPS) is 25.1. The highest BCUT2D eigenvalue weighted by Crippen LogP contribution is 2.38. The lowest BCUT2D eigenvalue weighted by atomic mass is 10.1. The first kappa shape index (κ1) is 11.0. The SMILES string of the molecule is C=C(C)C(=O)N(C(C)C)C1(C)CC1=O. The van der Waals surface area contributed by atoms with Crippen molar-refractivity contribution < 1.29 is 9.59 Å². The standard InChI is InChI=1S/C11H17NO2/c1-7(2)10(14)12(8(3)4)11(5)6-9(11)13/h8H,1,6H2,2-5H3. The van der Waals surface area contributed by atoms with Crippen LogP contribution in [0.3, 0.4) is 0 Å². The smallest absolute Gasteiger partial charge is 0.249 e. The summed E-state index contributed by atoms with van der Waals surface area (Å²) in [6, 6.07) is 0.0376. The van der Waals surface area contributed by atoms with Crippen molar-refractivity contribution in [2.75, 3.05) is 0 Å². The van der Waals surface area contributed by atoms with Gasteiger partial charge in [-0.1, -0.05) is 6.58 Å². The molecule has 0 saturated heterocycles. The number of hydrogen-bond donors (Lipinski definition) is 0. The van der Waals surface area contributed by atoms with Crippen LogP contribution in [0.15, 0.2) is 12.2 Å². The predicted octanol–water partition coefficient (Wildman–Crippen LogP) is 1.53. The van der Waals surface area contributed by atoms with Crippen molar-refractivity contribution in [2.24, 2.45) is 0 Å². The highest BCUT2D eigenvalue weighted by atomic mass is 16.2. The van der Waals surface area contributed by atoms with Gasteiger partial charge in [-0.15, -0.1) is 0 Å². The van der Waals surface area contributed by atoms with E-state index in [2.05, 4.69) is 6.58 Å². The number of carbonyl (C=O) groups is 2. The van der Waals surface area contributed by atoms with E-state index in [0.717, 1.165) is 0 Å². The predicted molar refractivity (Wildman–Crippen MR) is 54.8 cm³/mol. The first-order chi connectivity index (χ1) is 6.30. The number of nitrogens with zero attached hydrogens (tertiary/aromatic N) is 1. The molecule has 1 amide bonds. The number of carbonyl (C=O) groups excluding carboxylic acids is 2. The molecule has 1 rings (SSSR count). The van der Waals surface area contributed by atoms with Crippen molar-refractivity contribution in [3.63, 3.8) is 0 Å². The second-order valence-electron chi connectivity index (χ2n) is 4.42. The van der Waals surface area contributed by atoms with E-state index in [9.17, 15) is 9.59 Å². The average molecular weight is 195 g/mol. The molecule has 14 heavy (non-hydrogen) atoms. The van der Waals surface area contributed by atoms with Crippen molar-refractivity contribution >= 4 is 11.7 Å². The van der Waals surface area contributed by atoms with E-state index >= 15 is 0 Å². The van der Waals surface area contributed by atoms with Crippen LogP contribution >= 0.6 is 0 Å². The zero-order valence-corrected chi connectivity index (χ0v) is 9.26. The second kappa shape index (κ2) is 3.23. The van der Waals surface area contributed by atoms with E-state index in [1.807, 2.05) is 20.8 Å². The Balaban J connectivity index is 2.92. The molecule has 0 aromatic carbocycles. The number of rotatable bonds is 3. The van der Waals surface area contributed by atoms with Gasteiger partial charge in [-0.25, -0.2) is 0 Å². The monoisotopic (exact) mass is 195 g/mol. The summed E-state index contributed by atoms with van der Waals surface area (Å²) in [7, 11) is 0. The van der Waals surface area contributed by atoms with Crippen molar-refractivity contribution in [3.05, 3.63) is 12.2 Å². The molecular weight excluding hydrogens is 178 g/mol.